The number of amides is 1. The van der Waals surface area contributed by atoms with E-state index in [4.69, 9.17) is 14.5 Å². The van der Waals surface area contributed by atoms with E-state index in [9.17, 15) is 13.6 Å². The van der Waals surface area contributed by atoms with Gasteiger partial charge in [0.2, 0.25) is 0 Å². The second-order valence-corrected chi connectivity index (χ2v) is 13.5. The van der Waals surface area contributed by atoms with Crippen molar-refractivity contribution in [2.24, 2.45) is 5.41 Å². The SMILES string of the molecule is Cc1cc2c(N3CCC4(CC3)CN(C(=O)OC(C)(C)C)C4)nc(OC3CCN(C(CF)CF)CC3)nc2c(F)c1Br. The van der Waals surface area contributed by atoms with E-state index in [0.29, 0.717) is 67.8 Å². The van der Waals surface area contributed by atoms with Gasteiger partial charge in [0.25, 0.3) is 0 Å². The van der Waals surface area contributed by atoms with Crippen LogP contribution in [0.25, 0.3) is 10.9 Å². The number of hydrogen-bond donors (Lipinski definition) is 0. The van der Waals surface area contributed by atoms with Gasteiger partial charge in [-0.1, -0.05) is 0 Å². The number of nitrogens with zero attached hydrogens (tertiary/aromatic N) is 5. The number of aryl methyl sites for hydroxylation is 1. The van der Waals surface area contributed by atoms with Crippen LogP contribution in [0.15, 0.2) is 10.5 Å². The minimum Gasteiger partial charge on any atom is -0.460 e. The van der Waals surface area contributed by atoms with Crippen LogP contribution in [0.3, 0.4) is 0 Å². The van der Waals surface area contributed by atoms with Gasteiger partial charge in [0.15, 0.2) is 5.82 Å². The first-order valence-electron chi connectivity index (χ1n) is 14.3. The minimum atomic E-state index is -0.719. The van der Waals surface area contributed by atoms with Crippen molar-refractivity contribution < 1.29 is 27.4 Å². The fourth-order valence-electron chi connectivity index (χ4n) is 6.06. The predicted octanol–water partition coefficient (Wildman–Crippen LogP) is 5.83. The highest BCUT2D eigenvalue weighted by molar-refractivity contribution is 9.10. The van der Waals surface area contributed by atoms with Gasteiger partial charge in [-0.2, -0.15) is 9.97 Å². The first-order chi connectivity index (χ1) is 19.4. The van der Waals surface area contributed by atoms with Crippen LogP contribution < -0.4 is 9.64 Å². The van der Waals surface area contributed by atoms with Gasteiger partial charge < -0.3 is 19.3 Å². The van der Waals surface area contributed by atoms with Crippen molar-refractivity contribution in [2.45, 2.75) is 71.1 Å². The molecule has 0 N–H and O–H groups in total. The Morgan fingerprint density at radius 2 is 1.76 bits per heavy atom. The Hall–Kier alpha value is -2.34. The number of fused-ring (bicyclic) bond motifs is 1. The Morgan fingerprint density at radius 1 is 1.12 bits per heavy atom. The number of anilines is 1. The number of benzene rings is 1. The highest BCUT2D eigenvalue weighted by Gasteiger charge is 2.48. The summed E-state index contributed by atoms with van der Waals surface area (Å²) in [6.07, 6.45) is 2.39. The molecule has 4 heterocycles. The summed E-state index contributed by atoms with van der Waals surface area (Å²) in [5, 5.41) is 0.624. The van der Waals surface area contributed by atoms with Gasteiger partial charge >= 0.3 is 12.1 Å². The van der Waals surface area contributed by atoms with Gasteiger partial charge in [-0.15, -0.1) is 0 Å². The molecule has 8 nitrogen and oxygen atoms in total. The second-order valence-electron chi connectivity index (χ2n) is 12.7. The normalized spacial score (nSPS) is 20.1. The molecule has 3 fully saturated rings. The average Bonchev–Trinajstić information content (AvgIpc) is 2.91. The standard InChI is InChI=1S/C29H39BrF3N5O3/c1-18-13-21-24(23(33)22(18)30)34-26(40-20-5-9-36(10-6-20)19(14-31)15-32)35-25(21)37-11-7-29(8-12-37)16-38(17-29)27(39)41-28(2,3)4/h13,19-20H,5-12,14-17H2,1-4H3. The van der Waals surface area contributed by atoms with Crippen LogP contribution in [-0.2, 0) is 4.74 Å². The summed E-state index contributed by atoms with van der Waals surface area (Å²) in [5.74, 6) is 0.169. The van der Waals surface area contributed by atoms with Gasteiger partial charge in [0.1, 0.15) is 36.4 Å². The van der Waals surface area contributed by atoms with Crippen LogP contribution in [0.1, 0.15) is 52.0 Å². The van der Waals surface area contributed by atoms with Crippen molar-refractivity contribution >= 4 is 38.7 Å². The van der Waals surface area contributed by atoms with E-state index < -0.39 is 30.8 Å². The zero-order valence-corrected chi connectivity index (χ0v) is 25.8. The van der Waals surface area contributed by atoms with E-state index in [-0.39, 0.29) is 29.1 Å². The number of piperidine rings is 2. The quantitative estimate of drug-likeness (QED) is 0.393. The van der Waals surface area contributed by atoms with Crippen LogP contribution in [-0.4, -0.2) is 96.2 Å². The van der Waals surface area contributed by atoms with Gasteiger partial charge in [-0.05, 0) is 80.9 Å². The molecule has 0 unspecified atom stereocenters. The molecule has 3 aliphatic rings. The number of halogens is 4. The molecule has 2 aromatic rings. The van der Waals surface area contributed by atoms with Crippen LogP contribution in [0, 0.1) is 18.2 Å². The van der Waals surface area contributed by atoms with Crippen molar-refractivity contribution in [3.8, 4) is 6.01 Å². The molecule has 0 radical (unpaired) electrons. The van der Waals surface area contributed by atoms with Crippen molar-refractivity contribution in [2.75, 3.05) is 57.5 Å². The van der Waals surface area contributed by atoms with Gasteiger partial charge in [0.05, 0.1) is 10.5 Å². The van der Waals surface area contributed by atoms with E-state index in [1.54, 1.807) is 9.80 Å². The molecule has 1 amide bonds. The molecule has 0 saturated carbocycles. The fraction of sp³-hybridized carbons (Fsp3) is 0.690. The third-order valence-corrected chi connectivity index (χ3v) is 9.44. The molecule has 226 valence electrons. The maximum absolute atomic E-state index is 15.5. The van der Waals surface area contributed by atoms with Crippen LogP contribution in [0.4, 0.5) is 23.8 Å². The van der Waals surface area contributed by atoms with Crippen LogP contribution >= 0.6 is 15.9 Å². The maximum atomic E-state index is 15.5. The fourth-order valence-corrected chi connectivity index (χ4v) is 6.36. The molecule has 3 aliphatic heterocycles. The number of ether oxygens (including phenoxy) is 2. The summed E-state index contributed by atoms with van der Waals surface area (Å²) in [4.78, 5) is 27.4. The molecule has 3 saturated heterocycles. The zero-order chi connectivity index (χ0) is 29.5. The lowest BCUT2D eigenvalue weighted by molar-refractivity contribution is -0.0434. The monoisotopic (exact) mass is 641 g/mol. The van der Waals surface area contributed by atoms with E-state index in [1.165, 1.54) is 0 Å². The maximum Gasteiger partial charge on any atom is 0.410 e. The van der Waals surface area contributed by atoms with Crippen LogP contribution in [0.5, 0.6) is 6.01 Å². The van der Waals surface area contributed by atoms with Crippen molar-refractivity contribution in [3.05, 3.63) is 21.9 Å². The lowest BCUT2D eigenvalue weighted by Gasteiger charge is -2.53. The number of carbonyl (C=O) groups excluding carboxylic acids is 1. The molecular weight excluding hydrogens is 603 g/mol. The second kappa shape index (κ2) is 11.7. The Kier molecular flexibility index (Phi) is 8.63. The van der Waals surface area contributed by atoms with E-state index >= 15 is 4.39 Å². The summed E-state index contributed by atoms with van der Waals surface area (Å²) in [5.41, 5.74) is 0.457. The van der Waals surface area contributed by atoms with Gasteiger partial charge in [0, 0.05) is 50.1 Å². The van der Waals surface area contributed by atoms with E-state index in [0.717, 1.165) is 18.4 Å². The Balaban J connectivity index is 1.31. The average molecular weight is 643 g/mol. The van der Waals surface area contributed by atoms with Crippen molar-refractivity contribution in [3.63, 3.8) is 0 Å². The minimum absolute atomic E-state index is 0.0464. The first-order valence-corrected chi connectivity index (χ1v) is 15.1. The molecule has 41 heavy (non-hydrogen) atoms. The highest BCUT2D eigenvalue weighted by Crippen LogP contribution is 2.43. The number of hydrogen-bond acceptors (Lipinski definition) is 7. The van der Waals surface area contributed by atoms with Gasteiger partial charge in [-0.25, -0.2) is 18.0 Å². The molecule has 1 aromatic carbocycles. The lowest BCUT2D eigenvalue weighted by atomic mass is 9.72. The number of aromatic nitrogens is 2. The zero-order valence-electron chi connectivity index (χ0n) is 24.2. The van der Waals surface area contributed by atoms with E-state index in [1.807, 2.05) is 33.8 Å². The Labute approximate surface area is 247 Å². The number of alkyl halides is 2. The van der Waals surface area contributed by atoms with E-state index in [2.05, 4.69) is 25.8 Å². The third-order valence-electron chi connectivity index (χ3n) is 8.46. The third kappa shape index (κ3) is 6.38. The number of rotatable bonds is 6. The van der Waals surface area contributed by atoms with Crippen molar-refractivity contribution in [1.82, 2.24) is 19.8 Å². The summed E-state index contributed by atoms with van der Waals surface area (Å²) < 4.78 is 53.8. The lowest BCUT2D eigenvalue weighted by Crippen LogP contribution is -2.62. The molecule has 12 heteroatoms. The van der Waals surface area contributed by atoms with Crippen LogP contribution in [0.2, 0.25) is 0 Å². The largest absolute Gasteiger partial charge is 0.460 e. The first kappa shape index (κ1) is 30.1. The van der Waals surface area contributed by atoms with Crippen molar-refractivity contribution in [1.29, 1.82) is 0 Å². The predicted molar refractivity (Wildman–Crippen MR) is 155 cm³/mol. The Bertz CT molecular complexity index is 1260. The number of likely N-dealkylation sites (tertiary alicyclic amines) is 2. The molecule has 1 spiro atoms. The summed E-state index contributed by atoms with van der Waals surface area (Å²) in [6.45, 7) is 9.76. The summed E-state index contributed by atoms with van der Waals surface area (Å²) in [6, 6.07) is 1.28. The van der Waals surface area contributed by atoms with Gasteiger partial charge in [-0.3, -0.25) is 4.90 Å². The molecular formula is C29H39BrF3N5O3. The summed E-state index contributed by atoms with van der Waals surface area (Å²) >= 11 is 3.35. The highest BCUT2D eigenvalue weighted by atomic mass is 79.9. The summed E-state index contributed by atoms with van der Waals surface area (Å²) in [7, 11) is 0. The topological polar surface area (TPSA) is 71.0 Å². The Morgan fingerprint density at radius 3 is 2.34 bits per heavy atom. The molecule has 5 rings (SSSR count). The molecule has 0 atom stereocenters. The smallest absolute Gasteiger partial charge is 0.410 e. The molecule has 1 aromatic heterocycles. The molecule has 0 bridgehead atoms. The number of carbonyl (C=O) groups is 1. The molecule has 0 aliphatic carbocycles.